The van der Waals surface area contributed by atoms with Gasteiger partial charge in [-0.25, -0.2) is 4.98 Å². The van der Waals surface area contributed by atoms with Crippen molar-refractivity contribution in [3.63, 3.8) is 0 Å². The Bertz CT molecular complexity index is 760. The Morgan fingerprint density at radius 3 is 2.96 bits per heavy atom. The fraction of sp³-hybridized carbons (Fsp3) is 0.556. The molecule has 2 fully saturated rings. The number of aromatic amines is 1. The summed E-state index contributed by atoms with van der Waals surface area (Å²) in [6, 6.07) is 6.05. The highest BCUT2D eigenvalue weighted by molar-refractivity contribution is 8.01. The molecule has 0 saturated carbocycles. The maximum atomic E-state index is 12.5. The van der Waals surface area contributed by atoms with Crippen LogP contribution in [-0.4, -0.2) is 72.2 Å². The van der Waals surface area contributed by atoms with Gasteiger partial charge in [-0.05, 0) is 18.9 Å². The molecule has 0 spiro atoms. The Labute approximate surface area is 172 Å². The molecule has 150 valence electrons. The van der Waals surface area contributed by atoms with Gasteiger partial charge in [0.15, 0.2) is 4.34 Å². The van der Waals surface area contributed by atoms with Crippen LogP contribution in [0.2, 0.25) is 0 Å². The number of piperazine rings is 1. The van der Waals surface area contributed by atoms with Crippen LogP contribution < -0.4 is 15.2 Å². The van der Waals surface area contributed by atoms with Crippen molar-refractivity contribution in [1.82, 2.24) is 15.1 Å². The Hall–Kier alpha value is -1.91. The lowest BCUT2D eigenvalue weighted by atomic mass is 10.2. The zero-order valence-electron chi connectivity index (χ0n) is 15.7. The van der Waals surface area contributed by atoms with Gasteiger partial charge in [-0.15, -0.1) is 10.2 Å². The van der Waals surface area contributed by atoms with E-state index in [1.54, 1.807) is 0 Å². The van der Waals surface area contributed by atoms with E-state index in [-0.39, 0.29) is 12.0 Å². The molecule has 0 unspecified atom stereocenters. The zero-order chi connectivity index (χ0) is 19.2. The van der Waals surface area contributed by atoms with Crippen molar-refractivity contribution < 1.29 is 14.5 Å². The molecular weight excluding hydrogens is 396 g/mol. The molecule has 0 bridgehead atoms. The molecule has 2 N–H and O–H groups in total. The van der Waals surface area contributed by atoms with Gasteiger partial charge in [0.2, 0.25) is 11.0 Å². The first-order chi connectivity index (χ1) is 13.8. The van der Waals surface area contributed by atoms with E-state index in [4.69, 9.17) is 4.74 Å². The quantitative estimate of drug-likeness (QED) is 0.676. The van der Waals surface area contributed by atoms with Gasteiger partial charge in [-0.3, -0.25) is 9.69 Å². The summed E-state index contributed by atoms with van der Waals surface area (Å²) in [5.74, 6) is 1.66. The third-order valence-corrected chi connectivity index (χ3v) is 6.90. The molecule has 0 radical (unpaired) electrons. The van der Waals surface area contributed by atoms with Crippen molar-refractivity contribution in [2.75, 3.05) is 55.3 Å². The molecule has 2 aromatic rings. The number of amides is 1. The molecule has 4 heterocycles. The van der Waals surface area contributed by atoms with Crippen molar-refractivity contribution in [2.45, 2.75) is 23.3 Å². The molecule has 1 amide bonds. The third kappa shape index (κ3) is 5.12. The van der Waals surface area contributed by atoms with Gasteiger partial charge in [0.25, 0.3) is 5.82 Å². The fourth-order valence-electron chi connectivity index (χ4n) is 3.34. The molecule has 2 aromatic heterocycles. The first-order valence-corrected chi connectivity index (χ1v) is 11.4. The molecule has 4 rings (SSSR count). The van der Waals surface area contributed by atoms with Crippen LogP contribution in [0.5, 0.6) is 0 Å². The van der Waals surface area contributed by atoms with E-state index >= 15 is 0 Å². The highest BCUT2D eigenvalue weighted by atomic mass is 32.2. The number of aromatic nitrogens is 3. The fourth-order valence-corrected chi connectivity index (χ4v) is 5.00. The number of hydrogen-bond donors (Lipinski definition) is 1. The summed E-state index contributed by atoms with van der Waals surface area (Å²) < 4.78 is 6.42. The number of carbonyl (C=O) groups is 1. The summed E-state index contributed by atoms with van der Waals surface area (Å²) in [4.78, 5) is 20.0. The SMILES string of the molecule is O=C(CSc1nnc(NC[C@@H]2CCCO2)s1)N1CCN(c2cccc[nH+]2)CC1. The van der Waals surface area contributed by atoms with E-state index in [2.05, 4.69) is 31.5 Å². The minimum Gasteiger partial charge on any atom is -0.376 e. The van der Waals surface area contributed by atoms with Gasteiger partial charge < -0.3 is 15.0 Å². The molecule has 10 heteroatoms. The zero-order valence-corrected chi connectivity index (χ0v) is 17.3. The number of thioether (sulfide) groups is 1. The van der Waals surface area contributed by atoms with Crippen molar-refractivity contribution in [3.8, 4) is 0 Å². The number of H-pyrrole nitrogens is 1. The van der Waals surface area contributed by atoms with Crippen molar-refractivity contribution >= 4 is 40.0 Å². The topological polar surface area (TPSA) is 84.7 Å². The van der Waals surface area contributed by atoms with Gasteiger partial charge >= 0.3 is 0 Å². The molecule has 1 atom stereocenters. The predicted molar refractivity (Wildman–Crippen MR) is 110 cm³/mol. The van der Waals surface area contributed by atoms with Crippen LogP contribution in [-0.2, 0) is 9.53 Å². The van der Waals surface area contributed by atoms with Gasteiger partial charge in [0, 0.05) is 19.2 Å². The number of carbonyl (C=O) groups excluding carboxylic acids is 1. The lowest BCUT2D eigenvalue weighted by molar-refractivity contribution is -0.364. The second kappa shape index (κ2) is 9.53. The summed E-state index contributed by atoms with van der Waals surface area (Å²) in [6.45, 7) is 4.78. The van der Waals surface area contributed by atoms with E-state index in [1.807, 2.05) is 23.2 Å². The average molecular weight is 422 g/mol. The van der Waals surface area contributed by atoms with E-state index in [1.165, 1.54) is 23.1 Å². The maximum absolute atomic E-state index is 12.5. The van der Waals surface area contributed by atoms with Crippen LogP contribution >= 0.6 is 23.1 Å². The summed E-state index contributed by atoms with van der Waals surface area (Å²) in [5.41, 5.74) is 0. The first kappa shape index (κ1) is 19.4. The number of anilines is 2. The number of rotatable bonds is 7. The average Bonchev–Trinajstić information content (AvgIpc) is 3.43. The van der Waals surface area contributed by atoms with Crippen molar-refractivity contribution in [3.05, 3.63) is 24.4 Å². The molecule has 0 aromatic carbocycles. The number of pyridine rings is 1. The van der Waals surface area contributed by atoms with Crippen LogP contribution in [0.25, 0.3) is 0 Å². The smallest absolute Gasteiger partial charge is 0.274 e. The number of nitrogens with one attached hydrogen (secondary N) is 2. The van der Waals surface area contributed by atoms with Crippen molar-refractivity contribution in [1.29, 1.82) is 0 Å². The standard InChI is InChI=1S/C18H24N6O2S2/c25-16(24-9-7-23(8-10-24)15-5-1-2-6-19-15)13-27-18-22-21-17(28-18)20-12-14-4-3-11-26-14/h1-2,5-6,14H,3-4,7-13H2,(H,20,21)/p+1/t14-/m0/s1. The van der Waals surface area contributed by atoms with E-state index in [0.29, 0.717) is 5.75 Å². The van der Waals surface area contributed by atoms with Crippen LogP contribution in [0, 0.1) is 0 Å². The Morgan fingerprint density at radius 1 is 1.32 bits per heavy atom. The van der Waals surface area contributed by atoms with Gasteiger partial charge in [0.05, 0.1) is 31.1 Å². The third-order valence-electron chi connectivity index (χ3n) is 4.90. The first-order valence-electron chi connectivity index (χ1n) is 9.59. The molecular formula is C18H25N6O2S2+. The van der Waals surface area contributed by atoms with E-state index < -0.39 is 0 Å². The molecule has 2 aliphatic rings. The summed E-state index contributed by atoms with van der Waals surface area (Å²) in [6.07, 6.45) is 4.42. The highest BCUT2D eigenvalue weighted by Crippen LogP contribution is 2.26. The number of hydrogen-bond acceptors (Lipinski definition) is 8. The van der Waals surface area contributed by atoms with Crippen LogP contribution in [0.3, 0.4) is 0 Å². The second-order valence-corrected chi connectivity index (χ2v) is 8.99. The van der Waals surface area contributed by atoms with Gasteiger partial charge in [0.1, 0.15) is 13.1 Å². The van der Waals surface area contributed by atoms with Crippen LogP contribution in [0.1, 0.15) is 12.8 Å². The lowest BCUT2D eigenvalue weighted by Crippen LogP contribution is -2.50. The summed E-state index contributed by atoms with van der Waals surface area (Å²) in [5, 5.41) is 12.4. The molecule has 2 saturated heterocycles. The predicted octanol–water partition coefficient (Wildman–Crippen LogP) is 1.38. The van der Waals surface area contributed by atoms with Gasteiger partial charge in [-0.1, -0.05) is 29.2 Å². The van der Waals surface area contributed by atoms with Crippen molar-refractivity contribution in [2.24, 2.45) is 0 Å². The van der Waals surface area contributed by atoms with E-state index in [0.717, 1.165) is 67.5 Å². The van der Waals surface area contributed by atoms with E-state index in [9.17, 15) is 4.79 Å². The molecule has 28 heavy (non-hydrogen) atoms. The summed E-state index contributed by atoms with van der Waals surface area (Å²) >= 11 is 2.95. The minimum absolute atomic E-state index is 0.158. The minimum atomic E-state index is 0.158. The molecule has 0 aliphatic carbocycles. The monoisotopic (exact) mass is 421 g/mol. The Morgan fingerprint density at radius 2 is 2.21 bits per heavy atom. The largest absolute Gasteiger partial charge is 0.376 e. The Kier molecular flexibility index (Phi) is 6.61. The number of nitrogens with zero attached hydrogens (tertiary/aromatic N) is 4. The van der Waals surface area contributed by atoms with Crippen LogP contribution in [0.4, 0.5) is 10.9 Å². The normalized spacial score (nSPS) is 19.8. The second-order valence-electron chi connectivity index (χ2n) is 6.79. The Balaban J connectivity index is 1.18. The molecule has 2 aliphatic heterocycles. The maximum Gasteiger partial charge on any atom is 0.274 e. The highest BCUT2D eigenvalue weighted by Gasteiger charge is 2.26. The number of ether oxygens (including phenoxy) is 1. The van der Waals surface area contributed by atoms with Gasteiger partial charge in [-0.2, -0.15) is 0 Å². The summed E-state index contributed by atoms with van der Waals surface area (Å²) in [7, 11) is 0. The molecule has 8 nitrogen and oxygen atoms in total. The lowest BCUT2D eigenvalue weighted by Gasteiger charge is -2.30. The van der Waals surface area contributed by atoms with Crippen LogP contribution in [0.15, 0.2) is 28.7 Å².